The van der Waals surface area contributed by atoms with Crippen LogP contribution in [-0.4, -0.2) is 77.3 Å². The van der Waals surface area contributed by atoms with Crippen LogP contribution < -0.4 is 5.32 Å². The lowest BCUT2D eigenvalue weighted by atomic mass is 9.76. The zero-order valence-corrected chi connectivity index (χ0v) is 56.2. The Bertz CT molecular complexity index is 2000. The molecule has 0 bridgehead atoms. The molecule has 2 unspecified atom stereocenters. The van der Waals surface area contributed by atoms with E-state index in [1.807, 2.05) is 170 Å². The molecule has 1 N–H and O–H groups in total. The van der Waals surface area contributed by atoms with E-state index in [2.05, 4.69) is 46.9 Å². The molecule has 458 valence electrons. The fraction of sp³-hybridized carbons (Fsp3) is 0.779. The highest BCUT2D eigenvalue weighted by molar-refractivity contribution is 6.04. The number of rotatable bonds is 21. The molecule has 1 fully saturated rings. The van der Waals surface area contributed by atoms with Gasteiger partial charge in [-0.3, -0.25) is 48.1 Å². The smallest absolute Gasteiger partial charge is 0.233 e. The molecule has 0 aromatic heterocycles. The SMILES string of the molecule is CC(=O)Cc1ccc(CCC(=O)CCCC(=O)C(C)(C)C)cc1.CC(C)C(=O)C(C)(C)C.CC(C)CC(=O)CC(C)(C)C.CC(C)N1C(=O)CC(C(C)(C)C)C1=O.CCCCCC(CC(=O)C(C)(C)C)C(=O)C(C)(C)C.CNC. The molecule has 1 saturated heterocycles. The average molecular weight is 1110 g/mol. The molecule has 2 amide bonds. The Morgan fingerprint density at radius 2 is 1.04 bits per heavy atom. The number of aryl methyl sites for hydroxylation is 1. The minimum atomic E-state index is -0.352. The van der Waals surface area contributed by atoms with Crippen LogP contribution in [0.3, 0.4) is 0 Å². The highest BCUT2D eigenvalue weighted by Crippen LogP contribution is 2.36. The van der Waals surface area contributed by atoms with Gasteiger partial charge in [0.05, 0.1) is 5.92 Å². The number of nitrogens with one attached hydrogen (secondary N) is 1. The lowest BCUT2D eigenvalue weighted by Crippen LogP contribution is -2.38. The fourth-order valence-electron chi connectivity index (χ4n) is 8.31. The van der Waals surface area contributed by atoms with Crippen LogP contribution in [0.15, 0.2) is 24.3 Å². The summed E-state index contributed by atoms with van der Waals surface area (Å²) < 4.78 is 0. The van der Waals surface area contributed by atoms with Crippen LogP contribution in [0.4, 0.5) is 0 Å². The summed E-state index contributed by atoms with van der Waals surface area (Å²) >= 11 is 0. The maximum absolute atomic E-state index is 12.5. The van der Waals surface area contributed by atoms with Gasteiger partial charge in [-0.2, -0.15) is 0 Å². The molecule has 2 atom stereocenters. The van der Waals surface area contributed by atoms with E-state index in [1.165, 1.54) is 4.90 Å². The molecule has 11 nitrogen and oxygen atoms in total. The molecule has 0 saturated carbocycles. The van der Waals surface area contributed by atoms with Gasteiger partial charge in [0.1, 0.15) is 40.5 Å². The molecule has 1 aliphatic rings. The summed E-state index contributed by atoms with van der Waals surface area (Å²) in [5.41, 5.74) is 0.988. The normalized spacial score (nSPS) is 14.3. The summed E-state index contributed by atoms with van der Waals surface area (Å²) in [4.78, 5) is 107. The van der Waals surface area contributed by atoms with E-state index in [1.54, 1.807) is 6.92 Å². The van der Waals surface area contributed by atoms with Gasteiger partial charge in [-0.05, 0) is 82.0 Å². The van der Waals surface area contributed by atoms with Gasteiger partial charge in [0.25, 0.3) is 0 Å². The van der Waals surface area contributed by atoms with E-state index in [4.69, 9.17) is 0 Å². The topological polar surface area (TPSA) is 169 Å². The highest BCUT2D eigenvalue weighted by atomic mass is 16.2. The van der Waals surface area contributed by atoms with Gasteiger partial charge in [-0.1, -0.05) is 203 Å². The monoisotopic (exact) mass is 1110 g/mol. The Labute approximate surface area is 485 Å². The van der Waals surface area contributed by atoms with Gasteiger partial charge >= 0.3 is 0 Å². The zero-order chi connectivity index (χ0) is 63.2. The van der Waals surface area contributed by atoms with Gasteiger partial charge in [-0.15, -0.1) is 0 Å². The van der Waals surface area contributed by atoms with E-state index in [0.29, 0.717) is 75.3 Å². The zero-order valence-electron chi connectivity index (χ0n) is 56.2. The number of ketones is 7. The van der Waals surface area contributed by atoms with Crippen LogP contribution in [0.1, 0.15) is 268 Å². The number of imide groups is 1. The molecule has 1 heterocycles. The van der Waals surface area contributed by atoms with E-state index in [9.17, 15) is 43.2 Å². The van der Waals surface area contributed by atoms with Gasteiger partial charge in [0.2, 0.25) is 11.8 Å². The van der Waals surface area contributed by atoms with Crippen molar-refractivity contribution in [1.82, 2.24) is 10.2 Å². The predicted molar refractivity (Wildman–Crippen MR) is 331 cm³/mol. The molecular weight excluding hydrogens is 989 g/mol. The second kappa shape index (κ2) is 37.9. The van der Waals surface area contributed by atoms with Crippen molar-refractivity contribution in [3.63, 3.8) is 0 Å². The first kappa shape index (κ1) is 81.5. The van der Waals surface area contributed by atoms with Crippen molar-refractivity contribution >= 4 is 52.3 Å². The Balaban J connectivity index is -0.000000455. The Morgan fingerprint density at radius 3 is 1.35 bits per heavy atom. The Hall–Kier alpha value is -3.99. The summed E-state index contributed by atoms with van der Waals surface area (Å²) in [6.07, 6.45) is 9.69. The van der Waals surface area contributed by atoms with Crippen LogP contribution in [0.5, 0.6) is 0 Å². The number of Topliss-reactive ketones (excluding diaryl/α,β-unsaturated/α-hetero) is 7. The van der Waals surface area contributed by atoms with Gasteiger partial charge in [0.15, 0.2) is 0 Å². The Kier molecular flexibility index (Phi) is 39.1. The van der Waals surface area contributed by atoms with Crippen LogP contribution in [0, 0.1) is 56.2 Å². The van der Waals surface area contributed by atoms with Crippen LogP contribution in [-0.2, 0) is 56.0 Å². The third kappa shape index (κ3) is 40.8. The van der Waals surface area contributed by atoms with Crippen molar-refractivity contribution in [3.8, 4) is 0 Å². The van der Waals surface area contributed by atoms with Crippen LogP contribution >= 0.6 is 0 Å². The minimum absolute atomic E-state index is 0.00231. The maximum atomic E-state index is 12.5. The third-order valence-corrected chi connectivity index (χ3v) is 12.8. The molecule has 11 heteroatoms. The largest absolute Gasteiger partial charge is 0.323 e. The fourth-order valence-corrected chi connectivity index (χ4v) is 8.31. The van der Waals surface area contributed by atoms with Gasteiger partial charge in [-0.25, -0.2) is 0 Å². The van der Waals surface area contributed by atoms with E-state index < -0.39 is 0 Å². The quantitative estimate of drug-likeness (QED) is 0.0923. The molecule has 2 rings (SSSR count). The second-order valence-corrected chi connectivity index (χ2v) is 29.4. The van der Waals surface area contributed by atoms with Gasteiger partial charge in [0, 0.05) is 90.9 Å². The summed E-state index contributed by atoms with van der Waals surface area (Å²) in [6, 6.07) is 7.85. The highest BCUT2D eigenvalue weighted by Gasteiger charge is 2.45. The summed E-state index contributed by atoms with van der Waals surface area (Å²) in [5, 5.41) is 2.75. The van der Waals surface area contributed by atoms with Crippen molar-refractivity contribution in [3.05, 3.63) is 35.4 Å². The number of likely N-dealkylation sites (tertiary alicyclic amines) is 1. The first-order valence-electron chi connectivity index (χ1n) is 29.7. The number of hydrogen-bond acceptors (Lipinski definition) is 10. The van der Waals surface area contributed by atoms with Crippen LogP contribution in [0.25, 0.3) is 0 Å². The molecule has 0 spiro atoms. The second-order valence-electron chi connectivity index (χ2n) is 29.4. The van der Waals surface area contributed by atoms with E-state index in [-0.39, 0.29) is 97.0 Å². The number of carbonyl (C=O) groups excluding carboxylic acids is 9. The first-order chi connectivity index (χ1) is 35.5. The number of nitrogens with zero attached hydrogens (tertiary/aromatic N) is 1. The molecule has 1 aromatic carbocycles. The number of benzene rings is 1. The van der Waals surface area contributed by atoms with Crippen molar-refractivity contribution in [2.45, 2.75) is 276 Å². The molecule has 79 heavy (non-hydrogen) atoms. The summed E-state index contributed by atoms with van der Waals surface area (Å²) in [6.45, 7) is 51.1. The third-order valence-electron chi connectivity index (χ3n) is 12.8. The van der Waals surface area contributed by atoms with Crippen LogP contribution in [0.2, 0.25) is 0 Å². The van der Waals surface area contributed by atoms with Gasteiger partial charge < -0.3 is 5.32 Å². The van der Waals surface area contributed by atoms with Crippen molar-refractivity contribution in [2.75, 3.05) is 14.1 Å². The number of unbranched alkanes of at least 4 members (excludes halogenated alkanes) is 2. The van der Waals surface area contributed by atoms with Crippen molar-refractivity contribution < 1.29 is 43.2 Å². The standard InChI is InChI=1S/C20H28O3.C17H32O2.C11H19NO2.C10H20O.C8H16O.C2H7N/c1-15(21)14-17-10-8-16(9-11-17)12-13-18(22)6-5-7-19(23)20(2,3)4;1-8-9-10-11-13(15(19)17(5,6)7)12-14(18)16(2,3)4;1-7(2)12-9(13)6-8(10(12)14)11(3,4)5;1-8(2)6-9(11)7-10(3,4)5;1-6(2)7(9)8(3,4)5;1-3-2/h8-11H,5-7,12-14H2,1-4H3;13H,8-12H2,1-7H3;7-8H,6H2,1-5H3;8H,6-7H2,1-5H3;6H,1-5H3;3H,1-2H3. The summed E-state index contributed by atoms with van der Waals surface area (Å²) in [5.74, 6) is 2.15. The molecule has 0 aliphatic carbocycles. The summed E-state index contributed by atoms with van der Waals surface area (Å²) in [7, 11) is 3.75. The molecule has 0 radical (unpaired) electrons. The number of carbonyl (C=O) groups is 9. The lowest BCUT2D eigenvalue weighted by molar-refractivity contribution is -0.142. The Morgan fingerprint density at radius 1 is 0.582 bits per heavy atom. The maximum Gasteiger partial charge on any atom is 0.233 e. The molecule has 1 aliphatic heterocycles. The average Bonchev–Trinajstić information content (AvgIpc) is 3.58. The van der Waals surface area contributed by atoms with Crippen molar-refractivity contribution in [1.29, 1.82) is 0 Å². The molecular formula is C68H122N2O9. The van der Waals surface area contributed by atoms with E-state index >= 15 is 0 Å². The first-order valence-corrected chi connectivity index (χ1v) is 29.7. The van der Waals surface area contributed by atoms with Crippen molar-refractivity contribution in [2.24, 2.45) is 56.2 Å². The number of amides is 2. The van der Waals surface area contributed by atoms with E-state index in [0.717, 1.165) is 43.2 Å². The lowest BCUT2D eigenvalue weighted by Gasteiger charge is -2.26. The number of hydrogen-bond donors (Lipinski definition) is 1. The molecule has 1 aromatic rings. The predicted octanol–water partition coefficient (Wildman–Crippen LogP) is 15.9. The minimum Gasteiger partial charge on any atom is -0.323 e.